The molecule has 0 radical (unpaired) electrons. The van der Waals surface area contributed by atoms with Gasteiger partial charge in [0.05, 0.1) is 11.2 Å². The molecule has 0 N–H and O–H groups in total. The van der Waals surface area contributed by atoms with Crippen molar-refractivity contribution in [2.45, 2.75) is 6.61 Å². The third-order valence-corrected chi connectivity index (χ3v) is 2.96. The van der Waals surface area contributed by atoms with Gasteiger partial charge in [0.15, 0.2) is 0 Å². The van der Waals surface area contributed by atoms with E-state index in [1.54, 1.807) is 0 Å². The molecule has 0 saturated carbocycles. The summed E-state index contributed by atoms with van der Waals surface area (Å²) in [5.74, 6) is -0.666. The molecule has 21 heavy (non-hydrogen) atoms. The van der Waals surface area contributed by atoms with E-state index in [4.69, 9.17) is 16.3 Å². The predicted octanol–water partition coefficient (Wildman–Crippen LogP) is 0.511. The van der Waals surface area contributed by atoms with Crippen molar-refractivity contribution in [2.75, 3.05) is 0 Å². The van der Waals surface area contributed by atoms with Crippen LogP contribution in [0.25, 0.3) is 0 Å². The average Bonchev–Trinajstić information content (AvgIpc) is 2.40. The van der Waals surface area contributed by atoms with Crippen LogP contribution in [-0.2, 0) is 6.61 Å². The number of benzene rings is 1. The van der Waals surface area contributed by atoms with Crippen molar-refractivity contribution in [1.29, 1.82) is 0 Å². The van der Waals surface area contributed by atoms with Crippen LogP contribution < -0.4 is 61.6 Å². The Morgan fingerprint density at radius 1 is 1.19 bits per heavy atom. The van der Waals surface area contributed by atoms with Crippen LogP contribution in [0.4, 0.5) is 17.3 Å². The summed E-state index contributed by atoms with van der Waals surface area (Å²) in [5, 5.41) is -0.114. The number of pyridine rings is 1. The summed E-state index contributed by atoms with van der Waals surface area (Å²) in [4.78, 5) is 3.47. The summed E-state index contributed by atoms with van der Waals surface area (Å²) in [5.41, 5.74) is -0.512. The number of halogens is 5. The second-order valence-corrected chi connectivity index (χ2v) is 4.41. The Morgan fingerprint density at radius 2 is 1.90 bits per heavy atom. The van der Waals surface area contributed by atoms with Gasteiger partial charge in [0, 0.05) is 11.8 Å². The first-order valence-corrected chi connectivity index (χ1v) is 5.96. The Bertz CT molecular complexity index is 626. The molecule has 0 amide bonds. The summed E-state index contributed by atoms with van der Waals surface area (Å²) >= 11 is 5.72. The molecule has 0 aliphatic heterocycles. The summed E-state index contributed by atoms with van der Waals surface area (Å²) < 4.78 is 56.0. The molecule has 9 heteroatoms. The fraction of sp³-hybridized carbons (Fsp3) is 0.0833. The van der Waals surface area contributed by atoms with Crippen LogP contribution in [0.15, 0.2) is 36.7 Å². The maximum atomic E-state index is 13.2. The van der Waals surface area contributed by atoms with Crippen molar-refractivity contribution >= 4 is 24.0 Å². The van der Waals surface area contributed by atoms with E-state index in [2.05, 4.69) is 4.98 Å². The van der Waals surface area contributed by atoms with E-state index in [-0.39, 0.29) is 68.8 Å². The van der Waals surface area contributed by atoms with Crippen LogP contribution in [0.5, 0.6) is 5.75 Å². The van der Waals surface area contributed by atoms with Crippen LogP contribution in [0.1, 0.15) is 5.56 Å². The third-order valence-electron chi connectivity index (χ3n) is 2.54. The van der Waals surface area contributed by atoms with Crippen LogP contribution in [0.2, 0.25) is 5.02 Å². The quantitative estimate of drug-likeness (QED) is 0.596. The summed E-state index contributed by atoms with van der Waals surface area (Å²) in [7, 11) is 0. The van der Waals surface area contributed by atoms with Crippen LogP contribution in [-0.4, -0.2) is 12.0 Å². The van der Waals surface area contributed by atoms with Crippen LogP contribution in [0.3, 0.4) is 0 Å². The van der Waals surface area contributed by atoms with Gasteiger partial charge in [-0.15, -0.1) is 0 Å². The van der Waals surface area contributed by atoms with E-state index in [9.17, 15) is 17.3 Å². The number of nitrogens with zero attached hydrogens (tertiary/aromatic N) is 1. The van der Waals surface area contributed by atoms with Crippen LogP contribution >= 0.6 is 11.6 Å². The molecule has 0 saturated heterocycles. The van der Waals surface area contributed by atoms with Gasteiger partial charge in [-0.1, -0.05) is 29.2 Å². The average molecular weight is 344 g/mol. The SMILES string of the molecule is Fc1cccc(COc2cncc([B-](F)(F)F)c2)c1Cl.[K+]. The molecule has 1 heterocycles. The van der Waals surface area contributed by atoms with Gasteiger partial charge in [-0.05, 0) is 12.1 Å². The minimum atomic E-state index is -5.14. The van der Waals surface area contributed by atoms with Crippen LogP contribution in [0, 0.1) is 5.82 Å². The van der Waals surface area contributed by atoms with E-state index in [1.165, 1.54) is 18.2 Å². The second kappa shape index (κ2) is 7.94. The van der Waals surface area contributed by atoms with Crippen molar-refractivity contribution < 1.29 is 73.5 Å². The largest absolute Gasteiger partial charge is 1.00 e. The Hall–Kier alpha value is -0.119. The van der Waals surface area contributed by atoms with E-state index in [0.717, 1.165) is 18.5 Å². The van der Waals surface area contributed by atoms with Gasteiger partial charge in [0.2, 0.25) is 0 Å². The molecular weight excluding hydrogens is 335 g/mol. The zero-order valence-electron chi connectivity index (χ0n) is 11.0. The molecule has 0 bridgehead atoms. The maximum absolute atomic E-state index is 13.2. The van der Waals surface area contributed by atoms with Gasteiger partial charge in [0.1, 0.15) is 18.2 Å². The first kappa shape index (κ1) is 18.9. The Kier molecular flexibility index (Phi) is 7.16. The van der Waals surface area contributed by atoms with Gasteiger partial charge < -0.3 is 17.7 Å². The molecule has 0 spiro atoms. The normalized spacial score (nSPS) is 10.9. The molecule has 106 valence electrons. The number of rotatable bonds is 4. The van der Waals surface area contributed by atoms with Crippen molar-refractivity contribution in [3.8, 4) is 5.75 Å². The molecule has 2 rings (SSSR count). The summed E-state index contributed by atoms with van der Waals surface area (Å²) in [6, 6.07) is 4.99. The number of ether oxygens (including phenoxy) is 1. The number of hydrogen-bond acceptors (Lipinski definition) is 2. The van der Waals surface area contributed by atoms with Gasteiger partial charge in [-0.2, -0.15) is 0 Å². The standard InChI is InChI=1S/C12H8BClF4NO.K/c14-12-8(2-1-3-11(12)15)7-20-10-4-9(5-19-6-10)13(16,17)18;/h1-6H,7H2;/q-1;+1. The first-order chi connectivity index (χ1) is 9.38. The van der Waals surface area contributed by atoms with Gasteiger partial charge in [-0.25, -0.2) is 4.39 Å². The van der Waals surface area contributed by atoms with Crippen molar-refractivity contribution in [2.24, 2.45) is 0 Å². The molecule has 0 atom stereocenters. The zero-order valence-corrected chi connectivity index (χ0v) is 14.9. The zero-order chi connectivity index (χ0) is 14.8. The molecule has 0 aliphatic carbocycles. The van der Waals surface area contributed by atoms with E-state index in [1.807, 2.05) is 0 Å². The Labute approximate surface area is 166 Å². The molecule has 0 aliphatic rings. The van der Waals surface area contributed by atoms with E-state index < -0.39 is 18.3 Å². The fourth-order valence-electron chi connectivity index (χ4n) is 1.51. The molecule has 1 aromatic carbocycles. The molecule has 0 fully saturated rings. The van der Waals surface area contributed by atoms with Gasteiger partial charge in [-0.3, -0.25) is 4.98 Å². The molecule has 0 unspecified atom stereocenters. The molecular formula is C12H8BClF4KNO. The first-order valence-electron chi connectivity index (χ1n) is 5.58. The summed E-state index contributed by atoms with van der Waals surface area (Å²) in [6.07, 6.45) is 1.88. The van der Waals surface area contributed by atoms with Gasteiger partial charge >= 0.3 is 58.4 Å². The molecule has 2 aromatic rings. The smallest absolute Gasteiger partial charge is 0.487 e. The van der Waals surface area contributed by atoms with Crippen molar-refractivity contribution in [1.82, 2.24) is 4.98 Å². The predicted molar refractivity (Wildman–Crippen MR) is 68.7 cm³/mol. The molecule has 2 nitrogen and oxygen atoms in total. The maximum Gasteiger partial charge on any atom is 1.00 e. The van der Waals surface area contributed by atoms with Crippen molar-refractivity contribution in [3.05, 3.63) is 53.1 Å². The number of aromatic nitrogens is 1. The third kappa shape index (κ3) is 5.22. The number of hydrogen-bond donors (Lipinski definition) is 0. The molecule has 1 aromatic heterocycles. The Balaban J connectivity index is 0.00000220. The topological polar surface area (TPSA) is 22.1 Å². The second-order valence-electron chi connectivity index (χ2n) is 4.03. The van der Waals surface area contributed by atoms with E-state index in [0.29, 0.717) is 5.56 Å². The summed E-state index contributed by atoms with van der Waals surface area (Å²) in [6.45, 7) is -5.28. The van der Waals surface area contributed by atoms with E-state index >= 15 is 0 Å². The minimum Gasteiger partial charge on any atom is -0.487 e. The fourth-order valence-corrected chi connectivity index (χ4v) is 1.70. The Morgan fingerprint density at radius 3 is 2.57 bits per heavy atom. The minimum absolute atomic E-state index is 0. The monoisotopic (exact) mass is 343 g/mol. The van der Waals surface area contributed by atoms with Gasteiger partial charge in [0.25, 0.3) is 0 Å². The van der Waals surface area contributed by atoms with Crippen molar-refractivity contribution in [3.63, 3.8) is 0 Å².